The van der Waals surface area contributed by atoms with Gasteiger partial charge in [-0.05, 0) is 44.7 Å². The molecule has 3 heteroatoms. The van der Waals surface area contributed by atoms with Gasteiger partial charge in [-0.15, -0.1) is 0 Å². The van der Waals surface area contributed by atoms with E-state index in [0.29, 0.717) is 5.92 Å². The van der Waals surface area contributed by atoms with E-state index in [2.05, 4.69) is 18.7 Å². The Kier molecular flexibility index (Phi) is 5.03. The van der Waals surface area contributed by atoms with E-state index in [-0.39, 0.29) is 12.1 Å². The Labute approximate surface area is 93.6 Å². The normalized spacial score (nSPS) is 20.6. The van der Waals surface area contributed by atoms with Gasteiger partial charge in [-0.2, -0.15) is 0 Å². The second kappa shape index (κ2) is 5.83. The standard InChI is InChI=1S/C12H26N2O/c1-3-7-14(8-4-2)9-12(13,10-15)11-5-6-11/h11,15H,3-10,13H2,1-2H3. The topological polar surface area (TPSA) is 49.5 Å². The Balaban J connectivity index is 2.45. The van der Waals surface area contributed by atoms with Gasteiger partial charge >= 0.3 is 0 Å². The Hall–Kier alpha value is -0.120. The van der Waals surface area contributed by atoms with Gasteiger partial charge in [0.05, 0.1) is 12.1 Å². The van der Waals surface area contributed by atoms with Crippen molar-refractivity contribution in [1.82, 2.24) is 4.90 Å². The fraction of sp³-hybridized carbons (Fsp3) is 1.00. The molecule has 1 saturated carbocycles. The molecule has 0 heterocycles. The highest BCUT2D eigenvalue weighted by atomic mass is 16.3. The van der Waals surface area contributed by atoms with Gasteiger partial charge in [-0.25, -0.2) is 0 Å². The molecule has 0 amide bonds. The van der Waals surface area contributed by atoms with Crippen LogP contribution in [-0.4, -0.2) is 41.8 Å². The van der Waals surface area contributed by atoms with Crippen molar-refractivity contribution in [2.24, 2.45) is 11.7 Å². The molecule has 15 heavy (non-hydrogen) atoms. The number of hydrogen-bond donors (Lipinski definition) is 2. The Morgan fingerprint density at radius 1 is 1.27 bits per heavy atom. The lowest BCUT2D eigenvalue weighted by Crippen LogP contribution is -2.55. The maximum Gasteiger partial charge on any atom is 0.0626 e. The van der Waals surface area contributed by atoms with Crippen LogP contribution in [0, 0.1) is 5.92 Å². The van der Waals surface area contributed by atoms with Gasteiger partial charge in [-0.3, -0.25) is 0 Å². The third-order valence-corrected chi connectivity index (χ3v) is 3.28. The van der Waals surface area contributed by atoms with E-state index in [1.807, 2.05) is 0 Å². The summed E-state index contributed by atoms with van der Waals surface area (Å²) in [4.78, 5) is 2.40. The van der Waals surface area contributed by atoms with Crippen LogP contribution in [0.5, 0.6) is 0 Å². The smallest absolute Gasteiger partial charge is 0.0626 e. The highest BCUT2D eigenvalue weighted by molar-refractivity contribution is 5.00. The summed E-state index contributed by atoms with van der Waals surface area (Å²) >= 11 is 0. The minimum atomic E-state index is -0.343. The lowest BCUT2D eigenvalue weighted by atomic mass is 9.94. The van der Waals surface area contributed by atoms with Crippen LogP contribution in [0.3, 0.4) is 0 Å². The van der Waals surface area contributed by atoms with Gasteiger partial charge in [0.25, 0.3) is 0 Å². The minimum absolute atomic E-state index is 0.127. The van der Waals surface area contributed by atoms with Crippen molar-refractivity contribution in [2.75, 3.05) is 26.2 Å². The fourth-order valence-electron chi connectivity index (χ4n) is 2.29. The zero-order chi connectivity index (χ0) is 11.3. The monoisotopic (exact) mass is 214 g/mol. The number of rotatable bonds is 8. The molecule has 1 unspecified atom stereocenters. The Morgan fingerprint density at radius 3 is 2.13 bits per heavy atom. The van der Waals surface area contributed by atoms with Gasteiger partial charge in [0, 0.05) is 6.54 Å². The first-order valence-corrected chi connectivity index (χ1v) is 6.28. The average Bonchev–Trinajstić information content (AvgIpc) is 3.02. The van der Waals surface area contributed by atoms with Crippen molar-refractivity contribution in [3.05, 3.63) is 0 Å². The number of aliphatic hydroxyl groups excluding tert-OH is 1. The molecule has 0 spiro atoms. The van der Waals surface area contributed by atoms with Crippen LogP contribution in [0.1, 0.15) is 39.5 Å². The van der Waals surface area contributed by atoms with Gasteiger partial charge in [0.2, 0.25) is 0 Å². The van der Waals surface area contributed by atoms with Crippen molar-refractivity contribution in [3.63, 3.8) is 0 Å². The van der Waals surface area contributed by atoms with E-state index in [0.717, 1.165) is 32.5 Å². The molecule has 0 aromatic rings. The van der Waals surface area contributed by atoms with Crippen molar-refractivity contribution in [3.8, 4) is 0 Å². The van der Waals surface area contributed by atoms with Gasteiger partial charge in [-0.1, -0.05) is 13.8 Å². The summed E-state index contributed by atoms with van der Waals surface area (Å²) in [5.74, 6) is 0.554. The van der Waals surface area contributed by atoms with Gasteiger partial charge in [0.15, 0.2) is 0 Å². The molecule has 0 bridgehead atoms. The molecule has 3 nitrogen and oxygen atoms in total. The van der Waals surface area contributed by atoms with E-state index >= 15 is 0 Å². The first-order chi connectivity index (χ1) is 7.16. The predicted molar refractivity (Wildman–Crippen MR) is 63.8 cm³/mol. The van der Waals surface area contributed by atoms with E-state index in [4.69, 9.17) is 5.73 Å². The quantitative estimate of drug-likeness (QED) is 0.638. The number of nitrogens with two attached hydrogens (primary N) is 1. The zero-order valence-corrected chi connectivity index (χ0v) is 10.2. The molecule has 1 fully saturated rings. The molecule has 0 aromatic carbocycles. The van der Waals surface area contributed by atoms with Crippen LogP contribution in [0.4, 0.5) is 0 Å². The van der Waals surface area contributed by atoms with Crippen LogP contribution in [0.15, 0.2) is 0 Å². The lowest BCUT2D eigenvalue weighted by molar-refractivity contribution is 0.120. The van der Waals surface area contributed by atoms with Gasteiger partial charge < -0.3 is 15.7 Å². The molecule has 1 atom stereocenters. The summed E-state index contributed by atoms with van der Waals surface area (Å²) in [5.41, 5.74) is 5.93. The van der Waals surface area contributed by atoms with Gasteiger partial charge in [0.1, 0.15) is 0 Å². The minimum Gasteiger partial charge on any atom is -0.394 e. The summed E-state index contributed by atoms with van der Waals surface area (Å²) in [6, 6.07) is 0. The van der Waals surface area contributed by atoms with E-state index < -0.39 is 0 Å². The highest BCUT2D eigenvalue weighted by Crippen LogP contribution is 2.38. The largest absolute Gasteiger partial charge is 0.394 e. The summed E-state index contributed by atoms with van der Waals surface area (Å²) in [6.07, 6.45) is 4.71. The highest BCUT2D eigenvalue weighted by Gasteiger charge is 2.42. The summed E-state index contributed by atoms with van der Waals surface area (Å²) in [5, 5.41) is 9.43. The molecule has 0 aromatic heterocycles. The first kappa shape index (κ1) is 12.9. The van der Waals surface area contributed by atoms with Crippen LogP contribution in [-0.2, 0) is 0 Å². The second-order valence-corrected chi connectivity index (χ2v) is 4.94. The molecule has 3 N–H and O–H groups in total. The van der Waals surface area contributed by atoms with Crippen LogP contribution in [0.25, 0.3) is 0 Å². The Bertz CT molecular complexity index is 176. The lowest BCUT2D eigenvalue weighted by Gasteiger charge is -2.34. The third-order valence-electron chi connectivity index (χ3n) is 3.28. The molecule has 90 valence electrons. The van der Waals surface area contributed by atoms with Crippen LogP contribution in [0.2, 0.25) is 0 Å². The summed E-state index contributed by atoms with van der Waals surface area (Å²) in [6.45, 7) is 7.56. The fourth-order valence-corrected chi connectivity index (χ4v) is 2.29. The molecule has 0 saturated heterocycles. The molecule has 0 aliphatic heterocycles. The van der Waals surface area contributed by atoms with Crippen molar-refractivity contribution in [2.45, 2.75) is 45.1 Å². The molecule has 1 aliphatic rings. The predicted octanol–water partition coefficient (Wildman–Crippen LogP) is 1.21. The maximum absolute atomic E-state index is 9.43. The second-order valence-electron chi connectivity index (χ2n) is 4.94. The maximum atomic E-state index is 9.43. The van der Waals surface area contributed by atoms with Crippen molar-refractivity contribution < 1.29 is 5.11 Å². The molecular formula is C12H26N2O. The van der Waals surface area contributed by atoms with Crippen LogP contribution < -0.4 is 5.73 Å². The number of aliphatic hydroxyl groups is 1. The van der Waals surface area contributed by atoms with Crippen LogP contribution >= 0.6 is 0 Å². The first-order valence-electron chi connectivity index (χ1n) is 6.28. The summed E-state index contributed by atoms with van der Waals surface area (Å²) < 4.78 is 0. The average molecular weight is 214 g/mol. The van der Waals surface area contributed by atoms with Crippen molar-refractivity contribution >= 4 is 0 Å². The van der Waals surface area contributed by atoms with E-state index in [9.17, 15) is 5.11 Å². The van der Waals surface area contributed by atoms with Crippen molar-refractivity contribution in [1.29, 1.82) is 0 Å². The molecule has 1 aliphatic carbocycles. The molecule has 0 radical (unpaired) electrons. The number of hydrogen-bond acceptors (Lipinski definition) is 3. The summed E-state index contributed by atoms with van der Waals surface area (Å²) in [7, 11) is 0. The third kappa shape index (κ3) is 3.74. The molecule has 1 rings (SSSR count). The molecular weight excluding hydrogens is 188 g/mol. The SMILES string of the molecule is CCCN(CCC)CC(N)(CO)C1CC1. The van der Waals surface area contributed by atoms with E-state index in [1.54, 1.807) is 0 Å². The Morgan fingerprint density at radius 2 is 1.80 bits per heavy atom. The zero-order valence-electron chi connectivity index (χ0n) is 10.2. The number of nitrogens with zero attached hydrogens (tertiary/aromatic N) is 1. The van der Waals surface area contributed by atoms with E-state index in [1.165, 1.54) is 12.8 Å².